The minimum Gasteiger partial charge on any atom is -0.354 e. The van der Waals surface area contributed by atoms with E-state index in [1.807, 2.05) is 101 Å². The number of halogens is 2. The molecule has 0 aliphatic carbocycles. The van der Waals surface area contributed by atoms with Crippen molar-refractivity contribution in [3.63, 3.8) is 0 Å². The van der Waals surface area contributed by atoms with Crippen LogP contribution >= 0.6 is 0 Å². The van der Waals surface area contributed by atoms with E-state index in [0.29, 0.717) is 16.7 Å². The average molecular weight is 525 g/mol. The summed E-state index contributed by atoms with van der Waals surface area (Å²) >= 11 is 0. The van der Waals surface area contributed by atoms with Gasteiger partial charge in [0.15, 0.2) is 5.82 Å². The van der Waals surface area contributed by atoms with E-state index >= 15 is 0 Å². The molecule has 1 aromatic heterocycles. The lowest BCUT2D eigenvalue weighted by Crippen LogP contribution is -2.41. The van der Waals surface area contributed by atoms with Gasteiger partial charge in [-0.3, -0.25) is 10.1 Å². The van der Waals surface area contributed by atoms with Crippen LogP contribution in [0.3, 0.4) is 0 Å². The molecular weight excluding hydrogens is 498 g/mol. The van der Waals surface area contributed by atoms with Crippen LogP contribution in [0, 0.1) is 10.1 Å². The van der Waals surface area contributed by atoms with E-state index in [-0.39, 0.29) is 31.6 Å². The first kappa shape index (κ1) is 24.7. The molecule has 0 radical (unpaired) electrons. The van der Waals surface area contributed by atoms with Crippen LogP contribution in [-0.4, -0.2) is 33.7 Å². The Labute approximate surface area is 224 Å². The molecule has 2 heterocycles. The zero-order chi connectivity index (χ0) is 27.0. The van der Waals surface area contributed by atoms with Crippen molar-refractivity contribution in [2.45, 2.75) is 24.3 Å². The minimum absolute atomic E-state index is 0.0737. The number of hydrogen-bond acceptors (Lipinski definition) is 4. The van der Waals surface area contributed by atoms with Crippen LogP contribution in [0.15, 0.2) is 109 Å². The van der Waals surface area contributed by atoms with Crippen molar-refractivity contribution in [2.75, 3.05) is 18.0 Å². The number of aromatic nitrogens is 2. The van der Waals surface area contributed by atoms with Crippen LogP contribution < -0.4 is 4.90 Å². The number of benzene rings is 4. The number of non-ortho nitro benzene ring substituents is 1. The Balaban J connectivity index is 1.71. The number of fused-ring (bicyclic) bond motifs is 1. The lowest BCUT2D eigenvalue weighted by Gasteiger charge is -2.37. The standard InChI is InChI=1S/C31H26F2N4O2/c32-30(33)18-20-35(21-19-30)29-27-22-26(37(38)39)16-17-28(27)36(34-29)31(23-10-4-1-5-11-23,24-12-6-2-7-13-24)25-14-8-3-9-15-25/h1-17,22H,18-21H2. The SMILES string of the molecule is O=[N+]([O-])c1ccc2c(c1)c(N1CCC(F)(F)CC1)nn2C(c1ccccc1)(c1ccccc1)c1ccccc1. The third kappa shape index (κ3) is 4.22. The first-order valence-corrected chi connectivity index (χ1v) is 12.9. The highest BCUT2D eigenvalue weighted by Crippen LogP contribution is 2.45. The second kappa shape index (κ2) is 9.62. The van der Waals surface area contributed by atoms with Gasteiger partial charge < -0.3 is 4.90 Å². The van der Waals surface area contributed by atoms with E-state index in [4.69, 9.17) is 5.10 Å². The highest BCUT2D eigenvalue weighted by atomic mass is 19.3. The van der Waals surface area contributed by atoms with E-state index in [2.05, 4.69) is 0 Å². The Morgan fingerprint density at radius 2 is 1.26 bits per heavy atom. The summed E-state index contributed by atoms with van der Waals surface area (Å²) in [6.45, 7) is 0.216. The predicted octanol–water partition coefficient (Wildman–Crippen LogP) is 7.02. The van der Waals surface area contributed by atoms with Crippen LogP contribution in [0.4, 0.5) is 20.3 Å². The van der Waals surface area contributed by atoms with Crippen molar-refractivity contribution in [2.24, 2.45) is 0 Å². The van der Waals surface area contributed by atoms with Gasteiger partial charge >= 0.3 is 0 Å². The number of nitro groups is 1. The molecule has 1 aliphatic rings. The molecule has 6 rings (SSSR count). The van der Waals surface area contributed by atoms with Crippen molar-refractivity contribution >= 4 is 22.4 Å². The van der Waals surface area contributed by atoms with Crippen LogP contribution in [0.25, 0.3) is 10.9 Å². The number of nitrogens with zero attached hydrogens (tertiary/aromatic N) is 4. The lowest BCUT2D eigenvalue weighted by molar-refractivity contribution is -0.384. The Morgan fingerprint density at radius 3 is 1.72 bits per heavy atom. The van der Waals surface area contributed by atoms with Crippen LogP contribution in [-0.2, 0) is 5.54 Å². The van der Waals surface area contributed by atoms with Crippen molar-refractivity contribution in [1.82, 2.24) is 9.78 Å². The molecule has 0 saturated carbocycles. The van der Waals surface area contributed by atoms with Gasteiger partial charge in [0.05, 0.1) is 15.8 Å². The highest BCUT2D eigenvalue weighted by molar-refractivity contribution is 5.93. The van der Waals surface area contributed by atoms with Crippen LogP contribution in [0.2, 0.25) is 0 Å². The van der Waals surface area contributed by atoms with Crippen LogP contribution in [0.5, 0.6) is 0 Å². The van der Waals surface area contributed by atoms with Gasteiger partial charge in [0.1, 0.15) is 5.54 Å². The van der Waals surface area contributed by atoms with E-state index in [1.165, 1.54) is 12.1 Å². The Kier molecular flexibility index (Phi) is 6.10. The summed E-state index contributed by atoms with van der Waals surface area (Å²) in [5.41, 5.74) is 2.49. The topological polar surface area (TPSA) is 64.2 Å². The molecule has 6 nitrogen and oxygen atoms in total. The van der Waals surface area contributed by atoms with Gasteiger partial charge in [-0.25, -0.2) is 13.5 Å². The monoisotopic (exact) mass is 524 g/mol. The quantitative estimate of drug-likeness (QED) is 0.136. The van der Waals surface area contributed by atoms with E-state index < -0.39 is 16.4 Å². The Morgan fingerprint density at radius 1 is 0.769 bits per heavy atom. The van der Waals surface area contributed by atoms with E-state index in [9.17, 15) is 18.9 Å². The number of nitro benzene ring substituents is 1. The highest BCUT2D eigenvalue weighted by Gasteiger charge is 2.42. The first-order valence-electron chi connectivity index (χ1n) is 12.9. The normalized spacial score (nSPS) is 15.4. The molecule has 0 amide bonds. The van der Waals surface area contributed by atoms with Crippen molar-refractivity contribution in [3.8, 4) is 0 Å². The molecule has 4 aromatic carbocycles. The van der Waals surface area contributed by atoms with Crippen molar-refractivity contribution in [3.05, 3.63) is 136 Å². The van der Waals surface area contributed by atoms with E-state index in [1.54, 1.807) is 6.07 Å². The summed E-state index contributed by atoms with van der Waals surface area (Å²) in [5.74, 6) is -2.26. The first-order chi connectivity index (χ1) is 18.9. The van der Waals surface area contributed by atoms with Crippen molar-refractivity contribution in [1.29, 1.82) is 0 Å². The molecule has 0 N–H and O–H groups in total. The predicted molar refractivity (Wildman–Crippen MR) is 147 cm³/mol. The molecule has 0 atom stereocenters. The molecule has 1 aliphatic heterocycles. The summed E-state index contributed by atoms with van der Waals surface area (Å²) < 4.78 is 30.1. The fourth-order valence-electron chi connectivity index (χ4n) is 5.64. The molecule has 39 heavy (non-hydrogen) atoms. The van der Waals surface area contributed by atoms with Gasteiger partial charge in [0, 0.05) is 38.1 Å². The average Bonchev–Trinajstić information content (AvgIpc) is 3.34. The smallest absolute Gasteiger partial charge is 0.270 e. The summed E-state index contributed by atoms with van der Waals surface area (Å²) in [7, 11) is 0. The lowest BCUT2D eigenvalue weighted by atomic mass is 9.77. The fraction of sp³-hybridized carbons (Fsp3) is 0.194. The largest absolute Gasteiger partial charge is 0.354 e. The molecule has 5 aromatic rings. The fourth-order valence-corrected chi connectivity index (χ4v) is 5.64. The maximum absolute atomic E-state index is 14.1. The Bertz CT molecular complexity index is 1520. The number of piperidine rings is 1. The van der Waals surface area contributed by atoms with Gasteiger partial charge in [-0.2, -0.15) is 5.10 Å². The van der Waals surface area contributed by atoms with Gasteiger partial charge in [0.25, 0.3) is 11.6 Å². The summed E-state index contributed by atoms with van der Waals surface area (Å²) in [6, 6.07) is 34.6. The van der Waals surface area contributed by atoms with Gasteiger partial charge in [-0.15, -0.1) is 0 Å². The number of alkyl halides is 2. The number of rotatable bonds is 6. The molecule has 1 saturated heterocycles. The number of hydrogen-bond donors (Lipinski definition) is 0. The second-order valence-electron chi connectivity index (χ2n) is 9.85. The van der Waals surface area contributed by atoms with Crippen molar-refractivity contribution < 1.29 is 13.7 Å². The second-order valence-corrected chi connectivity index (χ2v) is 9.85. The molecule has 196 valence electrons. The minimum atomic E-state index is -2.73. The number of anilines is 1. The maximum atomic E-state index is 14.1. The zero-order valence-electron chi connectivity index (χ0n) is 21.1. The molecule has 0 bridgehead atoms. The summed E-state index contributed by atoms with van der Waals surface area (Å²) in [6.07, 6.45) is -0.588. The molecule has 0 unspecified atom stereocenters. The Hall–Kier alpha value is -4.59. The summed E-state index contributed by atoms with van der Waals surface area (Å²) in [5, 5.41) is 17.4. The van der Waals surface area contributed by atoms with E-state index in [0.717, 1.165) is 16.7 Å². The third-order valence-electron chi connectivity index (χ3n) is 7.54. The zero-order valence-corrected chi connectivity index (χ0v) is 21.1. The van der Waals surface area contributed by atoms with Crippen LogP contribution in [0.1, 0.15) is 29.5 Å². The molecule has 1 fully saturated rings. The van der Waals surface area contributed by atoms with Gasteiger partial charge in [-0.05, 0) is 22.8 Å². The third-order valence-corrected chi connectivity index (χ3v) is 7.54. The molecule has 0 spiro atoms. The van der Waals surface area contributed by atoms with Gasteiger partial charge in [-0.1, -0.05) is 91.0 Å². The van der Waals surface area contributed by atoms with Gasteiger partial charge in [0.2, 0.25) is 0 Å². The maximum Gasteiger partial charge on any atom is 0.270 e. The summed E-state index contributed by atoms with van der Waals surface area (Å²) in [4.78, 5) is 13.1. The molecule has 8 heteroatoms. The molecular formula is C31H26F2N4O2.